The minimum Gasteiger partial charge on any atom is -0.396 e. The van der Waals surface area contributed by atoms with Crippen molar-refractivity contribution in [2.45, 2.75) is 12.2 Å². The van der Waals surface area contributed by atoms with Crippen LogP contribution in [0.3, 0.4) is 0 Å². The molecule has 0 saturated heterocycles. The van der Waals surface area contributed by atoms with Crippen molar-refractivity contribution < 1.29 is 10.2 Å². The van der Waals surface area contributed by atoms with Gasteiger partial charge in [0.05, 0.1) is 11.8 Å². The second-order valence-electron chi connectivity index (χ2n) is 2.99. The van der Waals surface area contributed by atoms with Gasteiger partial charge < -0.3 is 27.4 Å². The molecule has 14 heavy (non-hydrogen) atoms. The first kappa shape index (κ1) is 10.7. The van der Waals surface area contributed by atoms with E-state index >= 15 is 0 Å². The Morgan fingerprint density at radius 2 is 2.00 bits per heavy atom. The molecule has 2 unspecified atom stereocenters. The number of aliphatic hydroxyl groups is 2. The Morgan fingerprint density at radius 1 is 1.36 bits per heavy atom. The van der Waals surface area contributed by atoms with Crippen LogP contribution in [0, 0.1) is 0 Å². The van der Waals surface area contributed by atoms with Crippen LogP contribution in [-0.2, 0) is 0 Å². The first-order valence-electron chi connectivity index (χ1n) is 4.13. The van der Waals surface area contributed by atoms with Gasteiger partial charge in [0.25, 0.3) is 0 Å². The van der Waals surface area contributed by atoms with Gasteiger partial charge in [0.15, 0.2) is 0 Å². The largest absolute Gasteiger partial charge is 0.396 e. The fourth-order valence-corrected chi connectivity index (χ4v) is 1.02. The van der Waals surface area contributed by atoms with Gasteiger partial charge in [0, 0.05) is 18.3 Å². The molecular formula is C8H14N4O2. The van der Waals surface area contributed by atoms with Gasteiger partial charge in [-0.25, -0.2) is 4.98 Å². The Morgan fingerprint density at radius 3 is 2.50 bits per heavy atom. The van der Waals surface area contributed by atoms with Crippen molar-refractivity contribution in [3.05, 3.63) is 17.8 Å². The first-order valence-corrected chi connectivity index (χ1v) is 4.13. The van der Waals surface area contributed by atoms with Crippen LogP contribution < -0.4 is 17.2 Å². The van der Waals surface area contributed by atoms with E-state index in [0.29, 0.717) is 5.56 Å². The molecule has 0 fully saturated rings. The summed E-state index contributed by atoms with van der Waals surface area (Å²) in [5.74, 6) is 0.197. The lowest BCUT2D eigenvalue weighted by Gasteiger charge is -2.16. The van der Waals surface area contributed by atoms with E-state index in [0.717, 1.165) is 0 Å². The standard InChI is InChI=1S/C8H14N4O2/c9-2-6(13)7(14)4-1-5(10)8(11)12-3-4/h1,3,6-7,13-14H,2,9-10H2,(H2,11,12). The second kappa shape index (κ2) is 4.23. The topological polar surface area (TPSA) is 131 Å². The zero-order chi connectivity index (χ0) is 10.7. The molecule has 78 valence electrons. The molecule has 6 nitrogen and oxygen atoms in total. The van der Waals surface area contributed by atoms with Gasteiger partial charge in [-0.1, -0.05) is 0 Å². The molecule has 1 aromatic rings. The first-order chi connectivity index (χ1) is 6.56. The van der Waals surface area contributed by atoms with Crippen LogP contribution in [0.15, 0.2) is 12.3 Å². The Bertz CT molecular complexity index is 318. The van der Waals surface area contributed by atoms with Crippen LogP contribution in [0.4, 0.5) is 11.5 Å². The molecule has 1 heterocycles. The summed E-state index contributed by atoms with van der Waals surface area (Å²) in [6.45, 7) is -0.0363. The van der Waals surface area contributed by atoms with E-state index in [-0.39, 0.29) is 18.1 Å². The summed E-state index contributed by atoms with van der Waals surface area (Å²) in [5, 5.41) is 18.8. The molecule has 0 aliphatic carbocycles. The normalized spacial score (nSPS) is 15.1. The van der Waals surface area contributed by atoms with Gasteiger partial charge >= 0.3 is 0 Å². The number of hydrogen-bond donors (Lipinski definition) is 5. The highest BCUT2D eigenvalue weighted by molar-refractivity contribution is 5.58. The third kappa shape index (κ3) is 2.11. The molecule has 8 N–H and O–H groups in total. The number of aliphatic hydroxyl groups excluding tert-OH is 2. The van der Waals surface area contributed by atoms with Crippen LogP contribution in [-0.4, -0.2) is 27.8 Å². The molecule has 1 aromatic heterocycles. The molecule has 0 bridgehead atoms. The van der Waals surface area contributed by atoms with Crippen molar-refractivity contribution >= 4 is 11.5 Å². The van der Waals surface area contributed by atoms with Crippen LogP contribution in [0.1, 0.15) is 11.7 Å². The predicted molar refractivity (Wildman–Crippen MR) is 53.1 cm³/mol. The third-order valence-electron chi connectivity index (χ3n) is 1.92. The van der Waals surface area contributed by atoms with Crippen molar-refractivity contribution in [2.75, 3.05) is 18.0 Å². The molecule has 0 spiro atoms. The molecule has 0 aliphatic rings. The minimum absolute atomic E-state index is 0.0363. The Hall–Kier alpha value is -1.37. The zero-order valence-corrected chi connectivity index (χ0v) is 7.59. The van der Waals surface area contributed by atoms with E-state index in [1.165, 1.54) is 12.3 Å². The van der Waals surface area contributed by atoms with E-state index in [1.54, 1.807) is 0 Å². The van der Waals surface area contributed by atoms with E-state index in [1.807, 2.05) is 0 Å². The number of nitrogen functional groups attached to an aromatic ring is 2. The molecule has 0 amide bonds. The Kier molecular flexibility index (Phi) is 3.23. The lowest BCUT2D eigenvalue weighted by molar-refractivity contribution is 0.0242. The minimum atomic E-state index is -1.09. The van der Waals surface area contributed by atoms with Crippen molar-refractivity contribution in [3.63, 3.8) is 0 Å². The Labute approximate surface area is 81.4 Å². The summed E-state index contributed by atoms with van der Waals surface area (Å²) in [5.41, 5.74) is 16.7. The monoisotopic (exact) mass is 198 g/mol. The Balaban J connectivity index is 2.91. The molecule has 0 aromatic carbocycles. The van der Waals surface area contributed by atoms with Crippen molar-refractivity contribution in [1.82, 2.24) is 4.98 Å². The second-order valence-corrected chi connectivity index (χ2v) is 2.99. The van der Waals surface area contributed by atoms with Gasteiger partial charge in [-0.2, -0.15) is 0 Å². The molecule has 0 radical (unpaired) electrons. The van der Waals surface area contributed by atoms with Crippen molar-refractivity contribution in [1.29, 1.82) is 0 Å². The van der Waals surface area contributed by atoms with E-state index in [2.05, 4.69) is 4.98 Å². The number of pyridine rings is 1. The summed E-state index contributed by atoms with van der Waals surface area (Å²) >= 11 is 0. The van der Waals surface area contributed by atoms with Crippen molar-refractivity contribution in [2.24, 2.45) is 5.73 Å². The predicted octanol–water partition coefficient (Wildman–Crippen LogP) is -1.40. The van der Waals surface area contributed by atoms with Crippen LogP contribution in [0.5, 0.6) is 0 Å². The number of hydrogen-bond acceptors (Lipinski definition) is 6. The number of nitrogens with zero attached hydrogens (tertiary/aromatic N) is 1. The molecular weight excluding hydrogens is 184 g/mol. The summed E-state index contributed by atoms with van der Waals surface area (Å²) in [7, 11) is 0. The number of nitrogens with two attached hydrogens (primary N) is 3. The van der Waals surface area contributed by atoms with E-state index in [9.17, 15) is 10.2 Å². The molecule has 0 aliphatic heterocycles. The van der Waals surface area contributed by atoms with E-state index < -0.39 is 12.2 Å². The fourth-order valence-electron chi connectivity index (χ4n) is 1.02. The summed E-state index contributed by atoms with van der Waals surface area (Å²) in [4.78, 5) is 3.76. The summed E-state index contributed by atoms with van der Waals surface area (Å²) in [6.07, 6.45) is -0.759. The maximum atomic E-state index is 9.54. The van der Waals surface area contributed by atoms with Crippen molar-refractivity contribution in [3.8, 4) is 0 Å². The molecule has 6 heteroatoms. The maximum absolute atomic E-state index is 9.54. The smallest absolute Gasteiger partial charge is 0.146 e. The van der Waals surface area contributed by atoms with Crippen LogP contribution >= 0.6 is 0 Å². The maximum Gasteiger partial charge on any atom is 0.146 e. The third-order valence-corrected chi connectivity index (χ3v) is 1.92. The van der Waals surface area contributed by atoms with Gasteiger partial charge in [0.2, 0.25) is 0 Å². The van der Waals surface area contributed by atoms with Gasteiger partial charge in [0.1, 0.15) is 11.9 Å². The molecule has 2 atom stereocenters. The average molecular weight is 198 g/mol. The highest BCUT2D eigenvalue weighted by atomic mass is 16.3. The lowest BCUT2D eigenvalue weighted by atomic mass is 10.1. The van der Waals surface area contributed by atoms with Gasteiger partial charge in [-0.3, -0.25) is 0 Å². The summed E-state index contributed by atoms with van der Waals surface area (Å²) < 4.78 is 0. The average Bonchev–Trinajstić information content (AvgIpc) is 2.20. The highest BCUT2D eigenvalue weighted by Gasteiger charge is 2.17. The van der Waals surface area contributed by atoms with Gasteiger partial charge in [-0.15, -0.1) is 0 Å². The lowest BCUT2D eigenvalue weighted by Crippen LogP contribution is -2.27. The number of anilines is 2. The number of rotatable bonds is 3. The zero-order valence-electron chi connectivity index (χ0n) is 7.59. The fraction of sp³-hybridized carbons (Fsp3) is 0.375. The van der Waals surface area contributed by atoms with Crippen LogP contribution in [0.25, 0.3) is 0 Å². The summed E-state index contributed by atoms with van der Waals surface area (Å²) in [6, 6.07) is 1.46. The quantitative estimate of drug-likeness (QED) is 0.406. The SMILES string of the molecule is NCC(O)C(O)c1cnc(N)c(N)c1. The highest BCUT2D eigenvalue weighted by Crippen LogP contribution is 2.20. The van der Waals surface area contributed by atoms with E-state index in [4.69, 9.17) is 17.2 Å². The number of aromatic nitrogens is 1. The molecule has 1 rings (SSSR count). The molecule has 0 saturated carbocycles. The van der Waals surface area contributed by atoms with Gasteiger partial charge in [-0.05, 0) is 6.07 Å². The van der Waals surface area contributed by atoms with Crippen LogP contribution in [0.2, 0.25) is 0 Å².